The fourth-order valence-electron chi connectivity index (χ4n) is 2.81. The van der Waals surface area contributed by atoms with Crippen LogP contribution in [0, 0.1) is 18.3 Å². The quantitative estimate of drug-likeness (QED) is 0.614. The van der Waals surface area contributed by atoms with Crippen LogP contribution in [-0.2, 0) is 16.4 Å². The van der Waals surface area contributed by atoms with Crippen LogP contribution in [0.1, 0.15) is 23.6 Å². The maximum Gasteiger partial charge on any atom is 0.261 e. The molecule has 0 amide bonds. The maximum absolute atomic E-state index is 12.9. The standard InChI is InChI=1S/C19H16BrN3O3S/c1-3-27(25,26)18-5-4-13(9-21)7-14(18)10-23-11-22-17-6-12(2)16(20)8-15(17)19(23)24/h4-8,11H,3,10H2,1-2H3. The van der Waals surface area contributed by atoms with Gasteiger partial charge in [-0.25, -0.2) is 13.4 Å². The Morgan fingerprint density at radius 2 is 2.00 bits per heavy atom. The number of halogens is 1. The van der Waals surface area contributed by atoms with E-state index >= 15 is 0 Å². The van der Waals surface area contributed by atoms with Crippen LogP contribution in [0.2, 0.25) is 0 Å². The first-order valence-corrected chi connectivity index (χ1v) is 10.6. The molecule has 2 aromatic carbocycles. The van der Waals surface area contributed by atoms with Gasteiger partial charge in [-0.15, -0.1) is 0 Å². The van der Waals surface area contributed by atoms with E-state index in [1.807, 2.05) is 19.1 Å². The van der Waals surface area contributed by atoms with Crippen LogP contribution in [0.5, 0.6) is 0 Å². The molecule has 1 heterocycles. The second kappa shape index (κ2) is 7.25. The van der Waals surface area contributed by atoms with Crippen LogP contribution in [0.25, 0.3) is 10.9 Å². The summed E-state index contributed by atoms with van der Waals surface area (Å²) in [6, 6.07) is 9.92. The van der Waals surface area contributed by atoms with Gasteiger partial charge in [0.1, 0.15) is 0 Å². The van der Waals surface area contributed by atoms with Crippen molar-refractivity contribution in [3.8, 4) is 6.07 Å². The summed E-state index contributed by atoms with van der Waals surface area (Å²) in [4.78, 5) is 17.3. The molecule has 0 atom stereocenters. The van der Waals surface area contributed by atoms with Crippen molar-refractivity contribution < 1.29 is 8.42 Å². The molecule has 0 unspecified atom stereocenters. The highest BCUT2D eigenvalue weighted by Crippen LogP contribution is 2.22. The highest BCUT2D eigenvalue weighted by Gasteiger charge is 2.18. The molecule has 3 aromatic rings. The molecular weight excluding hydrogens is 430 g/mol. The largest absolute Gasteiger partial charge is 0.294 e. The number of rotatable bonds is 4. The Balaban J connectivity index is 2.18. The fraction of sp³-hybridized carbons (Fsp3) is 0.211. The van der Waals surface area contributed by atoms with Gasteiger partial charge >= 0.3 is 0 Å². The van der Waals surface area contributed by atoms with Crippen molar-refractivity contribution in [2.45, 2.75) is 25.3 Å². The Morgan fingerprint density at radius 3 is 2.67 bits per heavy atom. The third kappa shape index (κ3) is 3.66. The lowest BCUT2D eigenvalue weighted by Crippen LogP contribution is -2.22. The Bertz CT molecular complexity index is 1260. The van der Waals surface area contributed by atoms with E-state index in [0.29, 0.717) is 22.0 Å². The fourth-order valence-corrected chi connectivity index (χ4v) is 4.26. The van der Waals surface area contributed by atoms with Crippen LogP contribution in [0.15, 0.2) is 50.8 Å². The van der Waals surface area contributed by atoms with Crippen LogP contribution in [0.4, 0.5) is 0 Å². The SMILES string of the molecule is CCS(=O)(=O)c1ccc(C#N)cc1Cn1cnc2cc(C)c(Br)cc2c1=O. The molecule has 0 aliphatic carbocycles. The Labute approximate surface area is 165 Å². The van der Waals surface area contributed by atoms with E-state index in [1.54, 1.807) is 13.0 Å². The highest BCUT2D eigenvalue weighted by atomic mass is 79.9. The number of fused-ring (bicyclic) bond motifs is 1. The number of nitrogens with zero attached hydrogens (tertiary/aromatic N) is 3. The zero-order valence-corrected chi connectivity index (χ0v) is 17.1. The lowest BCUT2D eigenvalue weighted by molar-refractivity contribution is 0.595. The van der Waals surface area contributed by atoms with Crippen molar-refractivity contribution in [3.63, 3.8) is 0 Å². The van der Waals surface area contributed by atoms with Crippen molar-refractivity contribution in [1.29, 1.82) is 5.26 Å². The van der Waals surface area contributed by atoms with Gasteiger partial charge in [-0.2, -0.15) is 5.26 Å². The third-order valence-electron chi connectivity index (χ3n) is 4.35. The first-order valence-electron chi connectivity index (χ1n) is 8.18. The Kier molecular flexibility index (Phi) is 5.18. The van der Waals surface area contributed by atoms with Gasteiger partial charge in [-0.3, -0.25) is 9.36 Å². The number of aryl methyl sites for hydroxylation is 1. The average molecular weight is 446 g/mol. The lowest BCUT2D eigenvalue weighted by atomic mass is 10.1. The minimum Gasteiger partial charge on any atom is -0.294 e. The van der Waals surface area contributed by atoms with E-state index in [4.69, 9.17) is 5.26 Å². The van der Waals surface area contributed by atoms with E-state index in [-0.39, 0.29) is 22.8 Å². The lowest BCUT2D eigenvalue weighted by Gasteiger charge is -2.12. The van der Waals surface area contributed by atoms with Gasteiger partial charge < -0.3 is 0 Å². The molecule has 8 heteroatoms. The topological polar surface area (TPSA) is 92.8 Å². The Morgan fingerprint density at radius 1 is 1.26 bits per heavy atom. The summed E-state index contributed by atoms with van der Waals surface area (Å²) in [5.41, 5.74) is 1.99. The molecule has 0 saturated heterocycles. The van der Waals surface area contributed by atoms with Crippen LogP contribution < -0.4 is 5.56 Å². The van der Waals surface area contributed by atoms with E-state index in [1.165, 1.54) is 29.1 Å². The highest BCUT2D eigenvalue weighted by molar-refractivity contribution is 9.10. The smallest absolute Gasteiger partial charge is 0.261 e. The molecule has 6 nitrogen and oxygen atoms in total. The van der Waals surface area contributed by atoms with Crippen molar-refractivity contribution in [2.75, 3.05) is 5.75 Å². The molecule has 0 radical (unpaired) electrons. The molecule has 0 aliphatic heterocycles. The van der Waals surface area contributed by atoms with E-state index < -0.39 is 9.84 Å². The zero-order valence-electron chi connectivity index (χ0n) is 14.7. The molecule has 0 spiro atoms. The molecule has 138 valence electrons. The summed E-state index contributed by atoms with van der Waals surface area (Å²) >= 11 is 3.42. The predicted octanol–water partition coefficient (Wildman–Crippen LogP) is 3.18. The van der Waals surface area contributed by atoms with Gasteiger partial charge in [0.25, 0.3) is 5.56 Å². The molecule has 0 N–H and O–H groups in total. The molecule has 0 fully saturated rings. The molecule has 1 aromatic heterocycles. The van der Waals surface area contributed by atoms with Gasteiger partial charge in [0, 0.05) is 4.47 Å². The molecule has 0 aliphatic rings. The number of aromatic nitrogens is 2. The summed E-state index contributed by atoms with van der Waals surface area (Å²) in [6.45, 7) is 3.48. The van der Waals surface area contributed by atoms with Gasteiger partial charge in [-0.05, 0) is 48.4 Å². The van der Waals surface area contributed by atoms with Crippen molar-refractivity contribution >= 4 is 36.7 Å². The first kappa shape index (κ1) is 19.3. The van der Waals surface area contributed by atoms with Crippen LogP contribution >= 0.6 is 15.9 Å². The normalized spacial score (nSPS) is 11.5. The maximum atomic E-state index is 12.9. The molecule has 27 heavy (non-hydrogen) atoms. The first-order chi connectivity index (χ1) is 12.8. The second-order valence-corrected chi connectivity index (χ2v) is 9.23. The van der Waals surface area contributed by atoms with Crippen LogP contribution in [-0.4, -0.2) is 23.7 Å². The minimum atomic E-state index is -3.49. The Hall–Kier alpha value is -2.50. The third-order valence-corrected chi connectivity index (χ3v) is 7.03. The van der Waals surface area contributed by atoms with Gasteiger partial charge in [0.05, 0.1) is 46.1 Å². The molecular formula is C19H16BrN3O3S. The summed E-state index contributed by atoms with van der Waals surface area (Å²) in [6.07, 6.45) is 1.40. The van der Waals surface area contributed by atoms with Gasteiger partial charge in [0.15, 0.2) is 9.84 Å². The number of hydrogen-bond donors (Lipinski definition) is 0. The van der Waals surface area contributed by atoms with E-state index in [0.717, 1.165) is 10.0 Å². The second-order valence-electron chi connectivity index (χ2n) is 6.13. The molecule has 0 saturated carbocycles. The average Bonchev–Trinajstić information content (AvgIpc) is 2.65. The number of sulfone groups is 1. The molecule has 3 rings (SSSR count). The van der Waals surface area contributed by atoms with Crippen molar-refractivity contribution in [3.05, 3.63) is 68.2 Å². The van der Waals surface area contributed by atoms with Crippen molar-refractivity contribution in [1.82, 2.24) is 9.55 Å². The van der Waals surface area contributed by atoms with E-state index in [2.05, 4.69) is 20.9 Å². The number of nitriles is 1. The number of hydrogen-bond acceptors (Lipinski definition) is 5. The predicted molar refractivity (Wildman–Crippen MR) is 106 cm³/mol. The number of benzene rings is 2. The van der Waals surface area contributed by atoms with Crippen molar-refractivity contribution in [2.24, 2.45) is 0 Å². The summed E-state index contributed by atoms with van der Waals surface area (Å²) < 4.78 is 27.0. The van der Waals surface area contributed by atoms with E-state index in [9.17, 15) is 13.2 Å². The molecule has 0 bridgehead atoms. The minimum absolute atomic E-state index is 0.0113. The zero-order chi connectivity index (χ0) is 19.8. The summed E-state index contributed by atoms with van der Waals surface area (Å²) in [7, 11) is -3.49. The summed E-state index contributed by atoms with van der Waals surface area (Å²) in [5.74, 6) is -0.0665. The monoisotopic (exact) mass is 445 g/mol. The summed E-state index contributed by atoms with van der Waals surface area (Å²) in [5, 5.41) is 9.58. The van der Waals surface area contributed by atoms with Crippen LogP contribution in [0.3, 0.4) is 0 Å². The van der Waals surface area contributed by atoms with Gasteiger partial charge in [0.2, 0.25) is 0 Å². The van der Waals surface area contributed by atoms with Gasteiger partial charge in [-0.1, -0.05) is 22.9 Å².